The molecule has 0 aromatic heterocycles. The van der Waals surface area contributed by atoms with Crippen LogP contribution >= 0.6 is 0 Å². The first-order valence-corrected chi connectivity index (χ1v) is 10.3. The fraction of sp³-hybridized carbons (Fsp3) is 0.636. The summed E-state index contributed by atoms with van der Waals surface area (Å²) in [6.07, 6.45) is 9.34. The Morgan fingerprint density at radius 3 is 2.23 bits per heavy atom. The number of carbonyl (C=O) groups is 2. The molecule has 2 amide bonds. The van der Waals surface area contributed by atoms with Gasteiger partial charge < -0.3 is 10.6 Å². The molecule has 0 saturated heterocycles. The molecule has 0 unspecified atom stereocenters. The molecule has 0 spiro atoms. The second kappa shape index (κ2) is 9.20. The molecule has 3 rings (SSSR count). The van der Waals surface area contributed by atoms with Gasteiger partial charge in [-0.15, -0.1) is 0 Å². The summed E-state index contributed by atoms with van der Waals surface area (Å²) < 4.78 is 0. The monoisotopic (exact) mass is 356 g/mol. The van der Waals surface area contributed by atoms with Gasteiger partial charge in [-0.3, -0.25) is 9.59 Å². The molecule has 26 heavy (non-hydrogen) atoms. The van der Waals surface area contributed by atoms with Crippen LogP contribution in [0.15, 0.2) is 24.3 Å². The summed E-state index contributed by atoms with van der Waals surface area (Å²) in [6.45, 7) is 2.65. The van der Waals surface area contributed by atoms with Crippen molar-refractivity contribution in [3.63, 3.8) is 0 Å². The van der Waals surface area contributed by atoms with E-state index in [-0.39, 0.29) is 23.7 Å². The molecule has 4 heteroatoms. The van der Waals surface area contributed by atoms with Crippen molar-refractivity contribution in [1.82, 2.24) is 10.6 Å². The minimum Gasteiger partial charge on any atom is -0.353 e. The molecule has 2 saturated carbocycles. The molecule has 0 atom stereocenters. The Balaban J connectivity index is 1.39. The molecule has 1 aromatic rings. The highest BCUT2D eigenvalue weighted by atomic mass is 16.2. The SMILES string of the molecule is Cc1cccc(CNC(=O)C2CCC(C(=O)NC3CCCCC3)CC2)c1. The van der Waals surface area contributed by atoms with Crippen LogP contribution in [0.4, 0.5) is 0 Å². The van der Waals surface area contributed by atoms with Crippen molar-refractivity contribution < 1.29 is 9.59 Å². The van der Waals surface area contributed by atoms with Crippen LogP contribution in [-0.2, 0) is 16.1 Å². The van der Waals surface area contributed by atoms with Gasteiger partial charge in [-0.05, 0) is 51.0 Å². The largest absolute Gasteiger partial charge is 0.353 e. The Morgan fingerprint density at radius 1 is 0.923 bits per heavy atom. The second-order valence-corrected chi connectivity index (χ2v) is 8.10. The standard InChI is InChI=1S/C22H32N2O2/c1-16-6-5-7-17(14-16)15-23-21(25)18-10-12-19(13-11-18)22(26)24-20-8-3-2-4-9-20/h5-7,14,18-20H,2-4,8-13,15H2,1H3,(H,23,25)(H,24,26). The Bertz CT molecular complexity index is 614. The number of amides is 2. The van der Waals surface area contributed by atoms with E-state index in [9.17, 15) is 9.59 Å². The molecule has 2 aliphatic carbocycles. The predicted molar refractivity (Wildman–Crippen MR) is 103 cm³/mol. The van der Waals surface area contributed by atoms with Gasteiger partial charge in [0.15, 0.2) is 0 Å². The average Bonchev–Trinajstić information content (AvgIpc) is 2.67. The van der Waals surface area contributed by atoms with Crippen molar-refractivity contribution in [3.05, 3.63) is 35.4 Å². The van der Waals surface area contributed by atoms with Crippen LogP contribution in [0.5, 0.6) is 0 Å². The van der Waals surface area contributed by atoms with Crippen LogP contribution in [0.25, 0.3) is 0 Å². The van der Waals surface area contributed by atoms with Crippen LogP contribution in [0.1, 0.15) is 68.9 Å². The van der Waals surface area contributed by atoms with Crippen LogP contribution < -0.4 is 10.6 Å². The van der Waals surface area contributed by atoms with Gasteiger partial charge in [-0.25, -0.2) is 0 Å². The predicted octanol–water partition coefficient (Wildman–Crippen LogP) is 3.87. The normalized spacial score (nSPS) is 24.0. The molecule has 2 fully saturated rings. The maximum atomic E-state index is 12.5. The molecule has 1 aromatic carbocycles. The smallest absolute Gasteiger partial charge is 0.223 e. The van der Waals surface area contributed by atoms with E-state index in [0.717, 1.165) is 44.1 Å². The van der Waals surface area contributed by atoms with Gasteiger partial charge in [-0.1, -0.05) is 49.1 Å². The van der Waals surface area contributed by atoms with Gasteiger partial charge in [0.2, 0.25) is 11.8 Å². The third-order valence-electron chi connectivity index (χ3n) is 5.97. The zero-order chi connectivity index (χ0) is 18.4. The Kier molecular flexibility index (Phi) is 6.70. The third-order valence-corrected chi connectivity index (χ3v) is 5.97. The topological polar surface area (TPSA) is 58.2 Å². The lowest BCUT2D eigenvalue weighted by atomic mass is 9.81. The fourth-order valence-corrected chi connectivity index (χ4v) is 4.34. The first kappa shape index (κ1) is 18.9. The molecule has 2 N–H and O–H groups in total. The van der Waals surface area contributed by atoms with Gasteiger partial charge in [0.05, 0.1) is 0 Å². The Hall–Kier alpha value is -1.84. The molecule has 142 valence electrons. The van der Waals surface area contributed by atoms with Crippen LogP contribution in [0.2, 0.25) is 0 Å². The van der Waals surface area contributed by atoms with Gasteiger partial charge in [0.25, 0.3) is 0 Å². The lowest BCUT2D eigenvalue weighted by Crippen LogP contribution is -2.42. The van der Waals surface area contributed by atoms with E-state index in [0.29, 0.717) is 12.6 Å². The summed E-state index contributed by atoms with van der Waals surface area (Å²) in [5, 5.41) is 6.31. The highest BCUT2D eigenvalue weighted by Crippen LogP contribution is 2.30. The summed E-state index contributed by atoms with van der Waals surface area (Å²) in [5.41, 5.74) is 2.35. The average molecular weight is 357 g/mol. The number of nitrogens with one attached hydrogen (secondary N) is 2. The molecular formula is C22H32N2O2. The van der Waals surface area contributed by atoms with Crippen molar-refractivity contribution in [2.24, 2.45) is 11.8 Å². The molecule has 0 bridgehead atoms. The van der Waals surface area contributed by atoms with Crippen molar-refractivity contribution in [3.8, 4) is 0 Å². The van der Waals surface area contributed by atoms with E-state index >= 15 is 0 Å². The van der Waals surface area contributed by atoms with Crippen molar-refractivity contribution >= 4 is 11.8 Å². The Morgan fingerprint density at radius 2 is 1.58 bits per heavy atom. The molecule has 0 aliphatic heterocycles. The lowest BCUT2D eigenvalue weighted by Gasteiger charge is -2.29. The molecule has 0 radical (unpaired) electrons. The van der Waals surface area contributed by atoms with Gasteiger partial charge in [0, 0.05) is 24.4 Å². The van der Waals surface area contributed by atoms with Gasteiger partial charge >= 0.3 is 0 Å². The summed E-state index contributed by atoms with van der Waals surface area (Å²) in [5.74, 6) is 0.504. The zero-order valence-electron chi connectivity index (χ0n) is 15.9. The Labute approximate surface area is 157 Å². The molecule has 2 aliphatic rings. The number of benzene rings is 1. The van der Waals surface area contributed by atoms with Crippen LogP contribution in [0.3, 0.4) is 0 Å². The lowest BCUT2D eigenvalue weighted by molar-refractivity contribution is -0.131. The van der Waals surface area contributed by atoms with E-state index in [1.165, 1.54) is 24.8 Å². The highest BCUT2D eigenvalue weighted by Gasteiger charge is 2.30. The molecular weight excluding hydrogens is 324 g/mol. The van der Waals surface area contributed by atoms with E-state index in [2.05, 4.69) is 29.7 Å². The van der Waals surface area contributed by atoms with E-state index in [1.54, 1.807) is 0 Å². The quantitative estimate of drug-likeness (QED) is 0.841. The van der Waals surface area contributed by atoms with Crippen LogP contribution in [0, 0.1) is 18.8 Å². The summed E-state index contributed by atoms with van der Waals surface area (Å²) >= 11 is 0. The number of hydrogen-bond acceptors (Lipinski definition) is 2. The van der Waals surface area contributed by atoms with Crippen LogP contribution in [-0.4, -0.2) is 17.9 Å². The van der Waals surface area contributed by atoms with Crippen molar-refractivity contribution in [2.75, 3.05) is 0 Å². The maximum absolute atomic E-state index is 12.5. The fourth-order valence-electron chi connectivity index (χ4n) is 4.34. The number of carbonyl (C=O) groups excluding carboxylic acids is 2. The van der Waals surface area contributed by atoms with E-state index in [4.69, 9.17) is 0 Å². The van der Waals surface area contributed by atoms with Crippen molar-refractivity contribution in [1.29, 1.82) is 0 Å². The third kappa shape index (κ3) is 5.33. The number of aryl methyl sites for hydroxylation is 1. The number of hydrogen-bond donors (Lipinski definition) is 2. The van der Waals surface area contributed by atoms with Gasteiger partial charge in [0.1, 0.15) is 0 Å². The van der Waals surface area contributed by atoms with E-state index < -0.39 is 0 Å². The summed E-state index contributed by atoms with van der Waals surface area (Å²) in [6, 6.07) is 8.61. The highest BCUT2D eigenvalue weighted by molar-refractivity contribution is 5.81. The summed E-state index contributed by atoms with van der Waals surface area (Å²) in [4.78, 5) is 24.9. The maximum Gasteiger partial charge on any atom is 0.223 e. The second-order valence-electron chi connectivity index (χ2n) is 8.10. The van der Waals surface area contributed by atoms with Crippen molar-refractivity contribution in [2.45, 2.75) is 77.3 Å². The number of rotatable bonds is 5. The van der Waals surface area contributed by atoms with E-state index in [1.807, 2.05) is 12.1 Å². The molecule has 0 heterocycles. The first-order valence-electron chi connectivity index (χ1n) is 10.3. The minimum atomic E-state index is 0.0542. The van der Waals surface area contributed by atoms with Gasteiger partial charge in [-0.2, -0.15) is 0 Å². The summed E-state index contributed by atoms with van der Waals surface area (Å²) in [7, 11) is 0. The first-order chi connectivity index (χ1) is 12.6. The minimum absolute atomic E-state index is 0.0542. The molecule has 4 nitrogen and oxygen atoms in total. The zero-order valence-corrected chi connectivity index (χ0v) is 15.9.